The molecule has 1 aromatic heterocycles. The lowest BCUT2D eigenvalue weighted by molar-refractivity contribution is 0.412. The zero-order valence-electron chi connectivity index (χ0n) is 21.7. The molecule has 0 nitrogen and oxygen atoms in total. The van der Waals surface area contributed by atoms with Crippen molar-refractivity contribution in [2.45, 2.75) is 17.3 Å². The van der Waals surface area contributed by atoms with Crippen molar-refractivity contribution in [3.8, 4) is 22.3 Å². The van der Waals surface area contributed by atoms with Gasteiger partial charge in [0.2, 0.25) is 0 Å². The minimum absolute atomic E-state index is 0.388. The molecule has 0 bridgehead atoms. The van der Waals surface area contributed by atoms with Gasteiger partial charge in [0.25, 0.3) is 0 Å². The normalized spacial score (nSPS) is 21.6. The minimum atomic E-state index is -0.388. The molecule has 11 rings (SSSR count). The molecule has 0 fully saturated rings. The lowest BCUT2D eigenvalue weighted by atomic mass is 9.39. The van der Waals surface area contributed by atoms with Crippen LogP contribution in [0.4, 0.5) is 0 Å². The molecule has 0 spiro atoms. The number of benzene rings is 6. The Bertz CT molecular complexity index is 2160. The van der Waals surface area contributed by atoms with Crippen molar-refractivity contribution >= 4 is 31.5 Å². The Morgan fingerprint density at radius 3 is 1.35 bits per heavy atom. The number of thiophene rings is 1. The van der Waals surface area contributed by atoms with Crippen LogP contribution in [0.25, 0.3) is 42.4 Å². The van der Waals surface area contributed by atoms with E-state index in [9.17, 15) is 0 Å². The minimum Gasteiger partial charge on any atom is -0.135 e. The molecule has 2 unspecified atom stereocenters. The summed E-state index contributed by atoms with van der Waals surface area (Å²) in [4.78, 5) is 0. The molecule has 40 heavy (non-hydrogen) atoms. The highest BCUT2D eigenvalue weighted by Gasteiger charge is 2.67. The predicted octanol–water partition coefficient (Wildman–Crippen LogP) is 9.60. The average molecular weight is 523 g/mol. The fraction of sp³-hybridized carbons (Fsp3) is 0.0769. The molecule has 1 heterocycles. The van der Waals surface area contributed by atoms with Gasteiger partial charge in [-0.05, 0) is 85.3 Å². The fourth-order valence-electron chi connectivity index (χ4n) is 9.58. The van der Waals surface area contributed by atoms with Gasteiger partial charge in [0.15, 0.2) is 0 Å². The van der Waals surface area contributed by atoms with Crippen molar-refractivity contribution in [2.75, 3.05) is 0 Å². The molecule has 0 saturated carbocycles. The zero-order chi connectivity index (χ0) is 25.8. The van der Waals surface area contributed by atoms with Crippen molar-refractivity contribution in [3.05, 3.63) is 166 Å². The van der Waals surface area contributed by atoms with Crippen molar-refractivity contribution in [1.82, 2.24) is 0 Å². The van der Waals surface area contributed by atoms with E-state index in [0.717, 1.165) is 6.42 Å². The number of hydrogen-bond acceptors (Lipinski definition) is 1. The Kier molecular flexibility index (Phi) is 3.30. The fourth-order valence-corrected chi connectivity index (χ4v) is 10.7. The average Bonchev–Trinajstić information content (AvgIpc) is 3.59. The summed E-state index contributed by atoms with van der Waals surface area (Å²) in [6, 6.07) is 47.2. The third kappa shape index (κ3) is 1.85. The molecule has 2 atom stereocenters. The summed E-state index contributed by atoms with van der Waals surface area (Å²) >= 11 is 1.95. The number of hydrogen-bond donors (Lipinski definition) is 0. The summed E-state index contributed by atoms with van der Waals surface area (Å²) < 4.78 is 2.79. The van der Waals surface area contributed by atoms with E-state index in [1.807, 2.05) is 11.3 Å². The Morgan fingerprint density at radius 2 is 0.825 bits per heavy atom. The van der Waals surface area contributed by atoms with Gasteiger partial charge in [0, 0.05) is 20.2 Å². The summed E-state index contributed by atoms with van der Waals surface area (Å²) in [5.41, 5.74) is 16.6. The molecule has 0 amide bonds. The van der Waals surface area contributed by atoms with E-state index >= 15 is 0 Å². The number of rotatable bonds is 0. The highest BCUT2D eigenvalue weighted by atomic mass is 32.1. The third-order valence-electron chi connectivity index (χ3n) is 10.6. The molecular formula is C39H22S. The summed E-state index contributed by atoms with van der Waals surface area (Å²) in [5, 5.41) is 2.91. The predicted molar refractivity (Wildman–Crippen MR) is 166 cm³/mol. The molecule has 1 heteroatoms. The van der Waals surface area contributed by atoms with Crippen molar-refractivity contribution < 1.29 is 0 Å². The van der Waals surface area contributed by atoms with Gasteiger partial charge >= 0.3 is 0 Å². The SMILES string of the molecule is c1ccc2c(c1)-c1ccccc1C13c4cccc5c4-c4c(cccc4C21c1cccc2sc4cccc3c4c12)C5. The van der Waals surface area contributed by atoms with Crippen molar-refractivity contribution in [1.29, 1.82) is 0 Å². The van der Waals surface area contributed by atoms with Crippen LogP contribution in [0.1, 0.15) is 44.5 Å². The van der Waals surface area contributed by atoms with Crippen LogP contribution in [0.2, 0.25) is 0 Å². The van der Waals surface area contributed by atoms with Crippen LogP contribution < -0.4 is 0 Å². The van der Waals surface area contributed by atoms with Gasteiger partial charge in [-0.15, -0.1) is 11.3 Å². The number of fused-ring (bicyclic) bond motifs is 3. The largest absolute Gasteiger partial charge is 0.135 e. The maximum atomic E-state index is 2.47. The first-order chi connectivity index (χ1) is 19.8. The second kappa shape index (κ2) is 6.46. The monoisotopic (exact) mass is 522 g/mol. The van der Waals surface area contributed by atoms with Gasteiger partial charge in [-0.2, -0.15) is 0 Å². The molecular weight excluding hydrogens is 500 g/mol. The molecule has 4 aliphatic rings. The maximum Gasteiger partial charge on any atom is 0.0648 e. The maximum absolute atomic E-state index is 2.47. The van der Waals surface area contributed by atoms with Crippen molar-refractivity contribution in [2.24, 2.45) is 0 Å². The van der Waals surface area contributed by atoms with Gasteiger partial charge in [0.05, 0.1) is 10.8 Å². The van der Waals surface area contributed by atoms with Crippen LogP contribution in [-0.4, -0.2) is 0 Å². The first-order valence-corrected chi connectivity index (χ1v) is 15.1. The van der Waals surface area contributed by atoms with Gasteiger partial charge in [0.1, 0.15) is 0 Å². The van der Waals surface area contributed by atoms with Crippen LogP contribution in [-0.2, 0) is 17.3 Å². The standard InChI is InChI=1S/C39H22S/c1-3-13-26-24(11-1)25-12-2-4-14-27(25)39-29-16-6-10-23-21-22-9-5-15-28(34(22)35(23)29)38(26,39)30-17-7-19-32-36(30)37-31(39)18-8-20-33(37)40-32/h1-20H,21H2. The first-order valence-electron chi connectivity index (χ1n) is 14.2. The Morgan fingerprint density at radius 1 is 0.400 bits per heavy atom. The Labute approximate surface area is 236 Å². The molecule has 184 valence electrons. The summed E-state index contributed by atoms with van der Waals surface area (Å²) in [6.07, 6.45) is 1.01. The van der Waals surface area contributed by atoms with Crippen LogP contribution >= 0.6 is 11.3 Å². The van der Waals surface area contributed by atoms with E-state index in [4.69, 9.17) is 0 Å². The molecule has 0 saturated heterocycles. The van der Waals surface area contributed by atoms with Gasteiger partial charge in [-0.3, -0.25) is 0 Å². The van der Waals surface area contributed by atoms with E-state index in [-0.39, 0.29) is 10.8 Å². The van der Waals surface area contributed by atoms with Crippen molar-refractivity contribution in [3.63, 3.8) is 0 Å². The van der Waals surface area contributed by atoms with Crippen LogP contribution in [0, 0.1) is 0 Å². The van der Waals surface area contributed by atoms with E-state index in [0.29, 0.717) is 0 Å². The van der Waals surface area contributed by atoms with E-state index < -0.39 is 0 Å². The second-order valence-corrected chi connectivity index (χ2v) is 13.0. The smallest absolute Gasteiger partial charge is 0.0648 e. The lowest BCUT2D eigenvalue weighted by Crippen LogP contribution is -2.57. The van der Waals surface area contributed by atoms with Crippen LogP contribution in [0.15, 0.2) is 121 Å². The summed E-state index contributed by atoms with van der Waals surface area (Å²) in [7, 11) is 0. The quantitative estimate of drug-likeness (QED) is 0.186. The molecule has 0 radical (unpaired) electrons. The lowest BCUT2D eigenvalue weighted by Gasteiger charge is -2.61. The van der Waals surface area contributed by atoms with Crippen LogP contribution in [0.3, 0.4) is 0 Å². The van der Waals surface area contributed by atoms with Gasteiger partial charge < -0.3 is 0 Å². The Hall–Kier alpha value is -4.46. The van der Waals surface area contributed by atoms with Gasteiger partial charge in [-0.25, -0.2) is 0 Å². The second-order valence-electron chi connectivity index (χ2n) is 11.9. The molecule has 4 aliphatic carbocycles. The van der Waals surface area contributed by atoms with E-state index in [2.05, 4.69) is 121 Å². The zero-order valence-corrected chi connectivity index (χ0v) is 22.5. The molecule has 7 aromatic rings. The highest BCUT2D eigenvalue weighted by Crippen LogP contribution is 2.74. The molecule has 0 N–H and O–H groups in total. The Balaban J connectivity index is 1.56. The van der Waals surface area contributed by atoms with Gasteiger partial charge in [-0.1, -0.05) is 109 Å². The van der Waals surface area contributed by atoms with Crippen LogP contribution in [0.5, 0.6) is 0 Å². The molecule has 6 aromatic carbocycles. The topological polar surface area (TPSA) is 0 Å². The summed E-state index contributed by atoms with van der Waals surface area (Å²) in [6.45, 7) is 0. The first kappa shape index (κ1) is 20.4. The third-order valence-corrected chi connectivity index (χ3v) is 11.7. The van der Waals surface area contributed by atoms with E-state index in [1.165, 1.54) is 86.9 Å². The van der Waals surface area contributed by atoms with E-state index in [1.54, 1.807) is 0 Å². The summed E-state index contributed by atoms with van der Waals surface area (Å²) in [5.74, 6) is 0. The highest BCUT2D eigenvalue weighted by molar-refractivity contribution is 7.25. The molecule has 0 aliphatic heterocycles.